The number of hydrogen-bond donors (Lipinski definition) is 1. The van der Waals surface area contributed by atoms with Crippen molar-refractivity contribution in [1.82, 2.24) is 0 Å². The van der Waals surface area contributed by atoms with Crippen LogP contribution in [-0.2, 0) is 6.61 Å². The van der Waals surface area contributed by atoms with E-state index in [1.807, 2.05) is 48.5 Å². The molecule has 1 N–H and O–H groups in total. The van der Waals surface area contributed by atoms with E-state index in [9.17, 15) is 0 Å². The minimum Gasteiger partial charge on any atom is -0.493 e. The third-order valence-electron chi connectivity index (χ3n) is 2.54. The van der Waals surface area contributed by atoms with Crippen LogP contribution in [0, 0.1) is 0 Å². The Kier molecular flexibility index (Phi) is 5.58. The number of aliphatic hydroxyl groups is 1. The van der Waals surface area contributed by atoms with E-state index in [-0.39, 0.29) is 6.61 Å². The van der Waals surface area contributed by atoms with Crippen LogP contribution in [0.3, 0.4) is 0 Å². The summed E-state index contributed by atoms with van der Waals surface area (Å²) in [5.74, 6) is 1.71. The predicted octanol–water partition coefficient (Wildman–Crippen LogP) is 4.00. The Balaban J connectivity index is 1.72. The average Bonchev–Trinajstić information content (AvgIpc) is 2.46. The summed E-state index contributed by atoms with van der Waals surface area (Å²) in [4.78, 5) is 1.18. The van der Waals surface area contributed by atoms with Crippen LogP contribution in [-0.4, -0.2) is 17.5 Å². The average molecular weight is 295 g/mol. The molecule has 0 heterocycles. The van der Waals surface area contributed by atoms with E-state index in [1.165, 1.54) is 4.90 Å². The van der Waals surface area contributed by atoms with E-state index in [2.05, 4.69) is 0 Å². The van der Waals surface area contributed by atoms with Gasteiger partial charge in [-0.2, -0.15) is 0 Å². The largest absolute Gasteiger partial charge is 0.493 e. The van der Waals surface area contributed by atoms with Gasteiger partial charge in [0.15, 0.2) is 0 Å². The smallest absolute Gasteiger partial charge is 0.119 e. The van der Waals surface area contributed by atoms with Crippen molar-refractivity contribution in [1.29, 1.82) is 0 Å². The van der Waals surface area contributed by atoms with Gasteiger partial charge in [0, 0.05) is 15.7 Å². The van der Waals surface area contributed by atoms with Gasteiger partial charge in [0.1, 0.15) is 5.75 Å². The molecule has 0 radical (unpaired) electrons. The fraction of sp³-hybridized carbons (Fsp3) is 0.200. The van der Waals surface area contributed by atoms with Crippen LogP contribution in [0.15, 0.2) is 53.4 Å². The second-order valence-electron chi connectivity index (χ2n) is 3.95. The van der Waals surface area contributed by atoms with E-state index < -0.39 is 0 Å². The van der Waals surface area contributed by atoms with Gasteiger partial charge in [-0.1, -0.05) is 23.7 Å². The van der Waals surface area contributed by atoms with Gasteiger partial charge >= 0.3 is 0 Å². The first-order valence-electron chi connectivity index (χ1n) is 5.99. The fourth-order valence-corrected chi connectivity index (χ4v) is 2.40. The van der Waals surface area contributed by atoms with Crippen molar-refractivity contribution in [3.63, 3.8) is 0 Å². The molecule has 0 aromatic heterocycles. The second-order valence-corrected chi connectivity index (χ2v) is 5.56. The highest BCUT2D eigenvalue weighted by atomic mass is 35.5. The molecule has 2 nitrogen and oxygen atoms in total. The lowest BCUT2D eigenvalue weighted by Crippen LogP contribution is -1.99. The Labute approximate surface area is 122 Å². The Hall–Kier alpha value is -1.16. The van der Waals surface area contributed by atoms with Gasteiger partial charge in [-0.3, -0.25) is 0 Å². The van der Waals surface area contributed by atoms with Gasteiger partial charge in [-0.05, 0) is 42.0 Å². The molecule has 0 aliphatic rings. The third kappa shape index (κ3) is 4.78. The summed E-state index contributed by atoms with van der Waals surface area (Å²) >= 11 is 7.53. The van der Waals surface area contributed by atoms with Crippen LogP contribution in [0.2, 0.25) is 5.02 Å². The number of ether oxygens (including phenoxy) is 1. The van der Waals surface area contributed by atoms with Gasteiger partial charge in [0.05, 0.1) is 13.2 Å². The summed E-state index contributed by atoms with van der Waals surface area (Å²) < 4.78 is 5.61. The molecule has 100 valence electrons. The Morgan fingerprint density at radius 3 is 2.32 bits per heavy atom. The van der Waals surface area contributed by atoms with Crippen LogP contribution in [0.4, 0.5) is 0 Å². The lowest BCUT2D eigenvalue weighted by Gasteiger charge is -2.06. The topological polar surface area (TPSA) is 29.5 Å². The molecule has 0 atom stereocenters. The van der Waals surface area contributed by atoms with Gasteiger partial charge in [0.2, 0.25) is 0 Å². The normalized spacial score (nSPS) is 10.4. The molecule has 0 saturated heterocycles. The molecule has 0 unspecified atom stereocenters. The molecular formula is C15H15ClO2S. The van der Waals surface area contributed by atoms with Crippen molar-refractivity contribution >= 4 is 23.4 Å². The zero-order chi connectivity index (χ0) is 13.5. The van der Waals surface area contributed by atoms with Crippen molar-refractivity contribution in [3.8, 4) is 5.75 Å². The highest BCUT2D eigenvalue weighted by molar-refractivity contribution is 7.99. The zero-order valence-electron chi connectivity index (χ0n) is 10.4. The molecule has 0 spiro atoms. The van der Waals surface area contributed by atoms with E-state index in [0.717, 1.165) is 17.1 Å². The molecule has 0 aliphatic carbocycles. The third-order valence-corrected chi connectivity index (χ3v) is 3.77. The molecule has 0 aliphatic heterocycles. The number of benzene rings is 2. The lowest BCUT2D eigenvalue weighted by molar-refractivity contribution is 0.282. The first-order valence-corrected chi connectivity index (χ1v) is 7.35. The van der Waals surface area contributed by atoms with Gasteiger partial charge in [-0.25, -0.2) is 0 Å². The van der Waals surface area contributed by atoms with E-state index >= 15 is 0 Å². The van der Waals surface area contributed by atoms with Crippen molar-refractivity contribution in [2.75, 3.05) is 12.4 Å². The number of rotatable bonds is 6. The first kappa shape index (κ1) is 14.3. The van der Waals surface area contributed by atoms with Crippen molar-refractivity contribution in [3.05, 3.63) is 59.1 Å². The zero-order valence-corrected chi connectivity index (χ0v) is 12.0. The second kappa shape index (κ2) is 7.43. The maximum absolute atomic E-state index is 8.95. The standard InChI is InChI=1S/C15H15ClO2S/c16-13-3-5-14(6-4-13)18-9-10-19-15-7-1-12(11-17)2-8-15/h1-8,17H,9-11H2. The molecule has 0 saturated carbocycles. The number of thioether (sulfide) groups is 1. The molecular weight excluding hydrogens is 280 g/mol. The summed E-state index contributed by atoms with van der Waals surface area (Å²) in [6, 6.07) is 15.3. The Bertz CT molecular complexity index is 497. The molecule has 19 heavy (non-hydrogen) atoms. The summed E-state index contributed by atoms with van der Waals surface area (Å²) in [5.41, 5.74) is 0.932. The molecule has 0 fully saturated rings. The van der Waals surface area contributed by atoms with Gasteiger partial charge in [0.25, 0.3) is 0 Å². The minimum atomic E-state index is 0.0879. The predicted molar refractivity (Wildman–Crippen MR) is 80.0 cm³/mol. The summed E-state index contributed by atoms with van der Waals surface area (Å²) in [6.45, 7) is 0.735. The monoisotopic (exact) mass is 294 g/mol. The lowest BCUT2D eigenvalue weighted by atomic mass is 10.2. The van der Waals surface area contributed by atoms with Gasteiger partial charge < -0.3 is 9.84 Å². The maximum Gasteiger partial charge on any atom is 0.119 e. The van der Waals surface area contributed by atoms with Crippen molar-refractivity contribution in [2.24, 2.45) is 0 Å². The first-order chi connectivity index (χ1) is 9.28. The molecule has 2 aromatic rings. The van der Waals surface area contributed by atoms with Crippen LogP contribution < -0.4 is 4.74 Å². The van der Waals surface area contributed by atoms with E-state index in [0.29, 0.717) is 11.6 Å². The fourth-order valence-electron chi connectivity index (χ4n) is 1.54. The number of aliphatic hydroxyl groups excluding tert-OH is 1. The Morgan fingerprint density at radius 2 is 1.68 bits per heavy atom. The quantitative estimate of drug-likeness (QED) is 0.645. The SMILES string of the molecule is OCc1ccc(SCCOc2ccc(Cl)cc2)cc1. The summed E-state index contributed by atoms with van der Waals surface area (Å²) in [7, 11) is 0. The maximum atomic E-state index is 8.95. The Morgan fingerprint density at radius 1 is 1.00 bits per heavy atom. The number of hydrogen-bond acceptors (Lipinski definition) is 3. The van der Waals surface area contributed by atoms with E-state index in [1.54, 1.807) is 11.8 Å². The summed E-state index contributed by atoms with van der Waals surface area (Å²) in [5, 5.41) is 9.67. The highest BCUT2D eigenvalue weighted by Gasteiger charge is 1.97. The minimum absolute atomic E-state index is 0.0879. The van der Waals surface area contributed by atoms with Crippen LogP contribution >= 0.6 is 23.4 Å². The van der Waals surface area contributed by atoms with Crippen LogP contribution in [0.1, 0.15) is 5.56 Å². The van der Waals surface area contributed by atoms with E-state index in [4.69, 9.17) is 21.4 Å². The number of halogens is 1. The molecule has 0 amide bonds. The van der Waals surface area contributed by atoms with Gasteiger partial charge in [-0.15, -0.1) is 11.8 Å². The molecule has 2 aromatic carbocycles. The van der Waals surface area contributed by atoms with Crippen molar-refractivity contribution < 1.29 is 9.84 Å². The molecule has 0 bridgehead atoms. The summed E-state index contributed by atoms with van der Waals surface area (Å²) in [6.07, 6.45) is 0. The highest BCUT2D eigenvalue weighted by Crippen LogP contribution is 2.19. The molecule has 4 heteroatoms. The molecule has 2 rings (SSSR count). The van der Waals surface area contributed by atoms with Crippen LogP contribution in [0.25, 0.3) is 0 Å². The van der Waals surface area contributed by atoms with Crippen LogP contribution in [0.5, 0.6) is 5.75 Å². The van der Waals surface area contributed by atoms with Crippen molar-refractivity contribution in [2.45, 2.75) is 11.5 Å².